The molecule has 0 bridgehead atoms. The number of nitrogens with zero attached hydrogens (tertiary/aromatic N) is 1. The molecular formula is C22H28N6O6. The summed E-state index contributed by atoms with van der Waals surface area (Å²) < 4.78 is 9.83. The van der Waals surface area contributed by atoms with Crippen molar-refractivity contribution in [3.63, 3.8) is 0 Å². The number of nitrogens with one attached hydrogen (secondary N) is 3. The first-order chi connectivity index (χ1) is 16.0. The van der Waals surface area contributed by atoms with Crippen molar-refractivity contribution >= 4 is 35.4 Å². The van der Waals surface area contributed by atoms with Crippen LogP contribution in [0.25, 0.3) is 0 Å². The lowest BCUT2D eigenvalue weighted by atomic mass is 10.1. The molecule has 0 fully saturated rings. The van der Waals surface area contributed by atoms with Gasteiger partial charge in [-0.3, -0.25) is 19.8 Å². The lowest BCUT2D eigenvalue weighted by Gasteiger charge is -2.24. The Morgan fingerprint density at radius 3 is 2.47 bits per heavy atom. The van der Waals surface area contributed by atoms with Crippen LogP contribution in [0.2, 0.25) is 0 Å². The van der Waals surface area contributed by atoms with Crippen molar-refractivity contribution < 1.29 is 28.7 Å². The quantitative estimate of drug-likeness (QED) is 0.165. The van der Waals surface area contributed by atoms with Gasteiger partial charge in [-0.05, 0) is 51.0 Å². The number of hydrogen-bond donors (Lipinski definition) is 5. The number of esters is 1. The molecule has 0 spiro atoms. The van der Waals surface area contributed by atoms with Crippen LogP contribution in [0, 0.1) is 19.3 Å². The van der Waals surface area contributed by atoms with Gasteiger partial charge in [0.15, 0.2) is 5.84 Å². The van der Waals surface area contributed by atoms with Gasteiger partial charge in [0.2, 0.25) is 12.7 Å². The van der Waals surface area contributed by atoms with E-state index >= 15 is 0 Å². The molecular weight excluding hydrogens is 444 g/mol. The Balaban J connectivity index is 2.48. The van der Waals surface area contributed by atoms with Gasteiger partial charge < -0.3 is 31.2 Å². The van der Waals surface area contributed by atoms with Crippen molar-refractivity contribution in [2.24, 2.45) is 11.5 Å². The maximum absolute atomic E-state index is 13.0. The van der Waals surface area contributed by atoms with Gasteiger partial charge in [0.1, 0.15) is 6.04 Å². The number of aryl methyl sites for hydroxylation is 1. The molecule has 3 amide bonds. The number of carbonyl (C=O) groups is 4. The zero-order chi connectivity index (χ0) is 25.6. The van der Waals surface area contributed by atoms with Gasteiger partial charge in [-0.25, -0.2) is 9.69 Å². The van der Waals surface area contributed by atoms with Crippen molar-refractivity contribution in [1.82, 2.24) is 10.3 Å². The summed E-state index contributed by atoms with van der Waals surface area (Å²) in [7, 11) is 0. The molecule has 7 N–H and O–H groups in total. The normalized spacial score (nSPS) is 11.3. The van der Waals surface area contributed by atoms with Gasteiger partial charge >= 0.3 is 12.1 Å². The van der Waals surface area contributed by atoms with Crippen LogP contribution >= 0.6 is 0 Å². The van der Waals surface area contributed by atoms with Crippen LogP contribution in [0.3, 0.4) is 0 Å². The third-order valence-electron chi connectivity index (χ3n) is 4.85. The largest absolute Gasteiger partial charge is 0.427 e. The predicted molar refractivity (Wildman–Crippen MR) is 124 cm³/mol. The van der Waals surface area contributed by atoms with Crippen molar-refractivity contribution in [2.45, 2.75) is 33.7 Å². The highest BCUT2D eigenvalue weighted by molar-refractivity contribution is 6.21. The van der Waals surface area contributed by atoms with Crippen LogP contribution < -0.4 is 21.7 Å². The lowest BCUT2D eigenvalue weighted by molar-refractivity contribution is -0.152. The molecule has 2 aromatic rings. The topological polar surface area (TPSA) is 194 Å². The fourth-order valence-corrected chi connectivity index (χ4v) is 2.99. The Bertz CT molecular complexity index is 1120. The number of aromatic amines is 1. The molecule has 12 heteroatoms. The van der Waals surface area contributed by atoms with Gasteiger partial charge in [0.25, 0.3) is 5.91 Å². The lowest BCUT2D eigenvalue weighted by Crippen LogP contribution is -2.39. The van der Waals surface area contributed by atoms with E-state index < -0.39 is 30.8 Å². The minimum atomic E-state index is -1.07. The van der Waals surface area contributed by atoms with Gasteiger partial charge in [-0.1, -0.05) is 6.07 Å². The number of hydrogen-bond acceptors (Lipinski definition) is 8. The van der Waals surface area contributed by atoms with Crippen LogP contribution in [-0.4, -0.2) is 54.1 Å². The fraction of sp³-hybridized carbons (Fsp3) is 0.318. The maximum Gasteiger partial charge on any atom is 0.423 e. The number of nitrogens with two attached hydrogens (primary N) is 2. The highest BCUT2D eigenvalue weighted by Crippen LogP contribution is 2.26. The van der Waals surface area contributed by atoms with Crippen molar-refractivity contribution in [2.75, 3.05) is 18.2 Å². The number of amides is 3. The standard InChI is InChI=1S/C22H28N6O6/c1-5-26-20(30)15-9-27-17(12(15)3)18(24)28(22(32)34-10-33-21(31)13(4)23)16-8-14(19(25)29)7-6-11(16)2/h6-9,13,24,27H,5,10,23H2,1-4H3,(H2,25,29)(H,26,30). The molecule has 182 valence electrons. The molecule has 0 aliphatic carbocycles. The Morgan fingerprint density at radius 2 is 1.88 bits per heavy atom. The summed E-state index contributed by atoms with van der Waals surface area (Å²) >= 11 is 0. The molecule has 1 unspecified atom stereocenters. The number of carbonyl (C=O) groups excluding carboxylic acids is 4. The van der Waals surface area contributed by atoms with Crippen molar-refractivity contribution in [3.05, 3.63) is 52.3 Å². The third-order valence-corrected chi connectivity index (χ3v) is 4.85. The first-order valence-electron chi connectivity index (χ1n) is 10.3. The molecule has 1 atom stereocenters. The van der Waals surface area contributed by atoms with E-state index in [1.54, 1.807) is 26.8 Å². The zero-order valence-corrected chi connectivity index (χ0v) is 19.4. The molecule has 34 heavy (non-hydrogen) atoms. The molecule has 1 heterocycles. The van der Waals surface area contributed by atoms with Crippen LogP contribution in [0.5, 0.6) is 0 Å². The van der Waals surface area contributed by atoms with Gasteiger partial charge in [0.05, 0.1) is 16.9 Å². The Hall–Kier alpha value is -4.19. The number of ether oxygens (including phenoxy) is 2. The number of benzene rings is 1. The Morgan fingerprint density at radius 1 is 1.21 bits per heavy atom. The first-order valence-corrected chi connectivity index (χ1v) is 10.3. The van der Waals surface area contributed by atoms with Gasteiger partial charge in [0, 0.05) is 18.3 Å². The average Bonchev–Trinajstić information content (AvgIpc) is 3.16. The van der Waals surface area contributed by atoms with E-state index in [4.69, 9.17) is 26.4 Å². The van der Waals surface area contributed by atoms with E-state index in [9.17, 15) is 19.2 Å². The number of H-pyrrole nitrogens is 1. The second kappa shape index (κ2) is 11.1. The Kier molecular flexibility index (Phi) is 8.51. The molecule has 0 saturated carbocycles. The van der Waals surface area contributed by atoms with Crippen LogP contribution in [0.15, 0.2) is 24.4 Å². The second-order valence-corrected chi connectivity index (χ2v) is 7.39. The van der Waals surface area contributed by atoms with Crippen molar-refractivity contribution in [3.8, 4) is 0 Å². The summed E-state index contributed by atoms with van der Waals surface area (Å²) in [6.07, 6.45) is 0.353. The van der Waals surface area contributed by atoms with Crippen molar-refractivity contribution in [1.29, 1.82) is 5.41 Å². The SMILES string of the molecule is CCNC(=O)c1c[nH]c(C(=N)N(C(=O)OCOC(=O)C(C)N)c2cc(C(N)=O)ccc2C)c1C. The number of anilines is 1. The van der Waals surface area contributed by atoms with Gasteiger partial charge in [-0.2, -0.15) is 0 Å². The molecule has 1 aromatic heterocycles. The average molecular weight is 473 g/mol. The Labute approximate surface area is 196 Å². The molecule has 2 rings (SSSR count). The minimum absolute atomic E-state index is 0.0980. The van der Waals surface area contributed by atoms with Gasteiger partial charge in [-0.15, -0.1) is 0 Å². The summed E-state index contributed by atoms with van der Waals surface area (Å²) in [5.74, 6) is -2.24. The number of rotatable bonds is 8. The first kappa shape index (κ1) is 26.1. The summed E-state index contributed by atoms with van der Waals surface area (Å²) in [6, 6.07) is 3.45. The minimum Gasteiger partial charge on any atom is -0.427 e. The summed E-state index contributed by atoms with van der Waals surface area (Å²) in [5, 5.41) is 11.4. The van der Waals surface area contributed by atoms with Crippen LogP contribution in [0.4, 0.5) is 10.5 Å². The zero-order valence-electron chi connectivity index (χ0n) is 19.4. The van der Waals surface area contributed by atoms with E-state index in [0.29, 0.717) is 23.2 Å². The van der Waals surface area contributed by atoms with E-state index in [1.165, 1.54) is 25.3 Å². The highest BCUT2D eigenvalue weighted by Gasteiger charge is 2.29. The summed E-state index contributed by atoms with van der Waals surface area (Å²) in [4.78, 5) is 52.3. The third kappa shape index (κ3) is 5.78. The smallest absolute Gasteiger partial charge is 0.423 e. The number of amidine groups is 1. The predicted octanol–water partition coefficient (Wildman–Crippen LogP) is 1.30. The van der Waals surface area contributed by atoms with E-state index in [0.717, 1.165) is 4.90 Å². The monoisotopic (exact) mass is 472 g/mol. The molecule has 0 aliphatic heterocycles. The van der Waals surface area contributed by atoms with Crippen LogP contribution in [-0.2, 0) is 14.3 Å². The van der Waals surface area contributed by atoms with E-state index in [-0.39, 0.29) is 28.7 Å². The number of primary amides is 1. The molecule has 0 saturated heterocycles. The summed E-state index contributed by atoms with van der Waals surface area (Å²) in [5.41, 5.74) is 12.4. The molecule has 0 radical (unpaired) electrons. The van der Waals surface area contributed by atoms with E-state index in [2.05, 4.69) is 10.3 Å². The second-order valence-electron chi connectivity index (χ2n) is 7.39. The van der Waals surface area contributed by atoms with E-state index in [1.807, 2.05) is 0 Å². The molecule has 0 aliphatic rings. The molecule has 12 nitrogen and oxygen atoms in total. The highest BCUT2D eigenvalue weighted by atomic mass is 16.7. The molecule has 1 aromatic carbocycles. The fourth-order valence-electron chi connectivity index (χ4n) is 2.99. The van der Waals surface area contributed by atoms with Crippen LogP contribution in [0.1, 0.15) is 51.4 Å². The summed E-state index contributed by atoms with van der Waals surface area (Å²) in [6.45, 7) is 6.12. The maximum atomic E-state index is 13.0. The number of aromatic nitrogens is 1.